The van der Waals surface area contributed by atoms with Gasteiger partial charge in [-0.05, 0) is 43.9 Å². The third kappa shape index (κ3) is 3.35. The molecule has 1 saturated carbocycles. The Morgan fingerprint density at radius 3 is 2.81 bits per heavy atom. The molecule has 0 bridgehead atoms. The van der Waals surface area contributed by atoms with Crippen LogP contribution in [0.4, 0.5) is 4.39 Å². The Labute approximate surface area is 123 Å². The highest BCUT2D eigenvalue weighted by Gasteiger charge is 2.27. The lowest BCUT2D eigenvalue weighted by atomic mass is 9.85. The summed E-state index contributed by atoms with van der Waals surface area (Å²) < 4.78 is 19.0. The minimum absolute atomic E-state index is 0.0398. The second-order valence-corrected chi connectivity index (χ2v) is 6.06. The van der Waals surface area contributed by atoms with Gasteiger partial charge in [-0.2, -0.15) is 0 Å². The number of benzene rings is 1. The van der Waals surface area contributed by atoms with Crippen LogP contribution in [0.5, 0.6) is 5.75 Å². The molecule has 114 valence electrons. The highest BCUT2D eigenvalue weighted by atomic mass is 19.1. The van der Waals surface area contributed by atoms with Crippen LogP contribution in [-0.4, -0.2) is 24.6 Å². The number of carbonyl (C=O) groups is 1. The van der Waals surface area contributed by atoms with E-state index in [1.54, 1.807) is 12.1 Å². The topological polar surface area (TPSA) is 64.4 Å². The maximum absolute atomic E-state index is 13.2. The van der Waals surface area contributed by atoms with Crippen LogP contribution in [0.15, 0.2) is 18.2 Å². The van der Waals surface area contributed by atoms with E-state index in [1.807, 2.05) is 0 Å². The van der Waals surface area contributed by atoms with Crippen molar-refractivity contribution in [3.8, 4) is 5.75 Å². The first-order chi connectivity index (χ1) is 10.1. The van der Waals surface area contributed by atoms with E-state index in [0.29, 0.717) is 6.04 Å². The van der Waals surface area contributed by atoms with Gasteiger partial charge in [-0.3, -0.25) is 4.79 Å². The predicted molar refractivity (Wildman–Crippen MR) is 77.5 cm³/mol. The molecule has 0 aromatic heterocycles. The van der Waals surface area contributed by atoms with Gasteiger partial charge >= 0.3 is 0 Å². The van der Waals surface area contributed by atoms with Gasteiger partial charge in [0.15, 0.2) is 0 Å². The first kappa shape index (κ1) is 14.3. The maximum atomic E-state index is 13.2. The van der Waals surface area contributed by atoms with Crippen molar-refractivity contribution in [2.45, 2.75) is 44.2 Å². The number of ether oxygens (including phenoxy) is 1. The zero-order chi connectivity index (χ0) is 14.8. The molecule has 1 fully saturated rings. The fourth-order valence-electron chi connectivity index (χ4n) is 3.28. The molecule has 1 aromatic carbocycles. The van der Waals surface area contributed by atoms with Gasteiger partial charge in [-0.15, -0.1) is 0 Å². The van der Waals surface area contributed by atoms with Crippen molar-refractivity contribution in [2.24, 2.45) is 11.7 Å². The van der Waals surface area contributed by atoms with Crippen molar-refractivity contribution in [1.82, 2.24) is 5.32 Å². The average molecular weight is 292 g/mol. The lowest BCUT2D eigenvalue weighted by Crippen LogP contribution is -2.41. The molecule has 5 heteroatoms. The van der Waals surface area contributed by atoms with Crippen LogP contribution in [0, 0.1) is 11.7 Å². The number of fused-ring (bicyclic) bond motifs is 1. The van der Waals surface area contributed by atoms with Crippen molar-refractivity contribution in [2.75, 3.05) is 6.54 Å². The third-order valence-corrected chi connectivity index (χ3v) is 4.53. The van der Waals surface area contributed by atoms with Crippen LogP contribution < -0.4 is 15.8 Å². The summed E-state index contributed by atoms with van der Waals surface area (Å²) >= 11 is 0. The highest BCUT2D eigenvalue weighted by molar-refractivity contribution is 5.76. The van der Waals surface area contributed by atoms with E-state index in [9.17, 15) is 9.18 Å². The number of nitrogens with one attached hydrogen (secondary N) is 1. The molecule has 0 saturated heterocycles. The maximum Gasteiger partial charge on any atom is 0.220 e. The fourth-order valence-corrected chi connectivity index (χ4v) is 3.28. The van der Waals surface area contributed by atoms with Crippen LogP contribution >= 0.6 is 0 Å². The molecule has 1 aliphatic carbocycles. The number of hydrogen-bond donors (Lipinski definition) is 2. The summed E-state index contributed by atoms with van der Waals surface area (Å²) in [6.45, 7) is 0.752. The lowest BCUT2D eigenvalue weighted by Gasteiger charge is -2.28. The minimum Gasteiger partial charge on any atom is -0.488 e. The molecule has 1 atom stereocenters. The Morgan fingerprint density at radius 1 is 1.33 bits per heavy atom. The smallest absolute Gasteiger partial charge is 0.220 e. The number of rotatable bonds is 4. The minimum atomic E-state index is -0.212. The number of hydrogen-bond acceptors (Lipinski definition) is 3. The number of primary amides is 1. The summed E-state index contributed by atoms with van der Waals surface area (Å²) in [6.07, 6.45) is 4.49. The number of nitrogens with two attached hydrogens (primary N) is 1. The Kier molecular flexibility index (Phi) is 4.10. The number of halogens is 1. The third-order valence-electron chi connectivity index (χ3n) is 4.53. The van der Waals surface area contributed by atoms with Crippen LogP contribution in [0.3, 0.4) is 0 Å². The lowest BCUT2D eigenvalue weighted by molar-refractivity contribution is -0.122. The van der Waals surface area contributed by atoms with Gasteiger partial charge in [0, 0.05) is 30.5 Å². The van der Waals surface area contributed by atoms with E-state index in [0.717, 1.165) is 50.0 Å². The van der Waals surface area contributed by atoms with Gasteiger partial charge in [0.1, 0.15) is 17.7 Å². The molecule has 1 aliphatic heterocycles. The first-order valence-electron chi connectivity index (χ1n) is 7.59. The molecule has 3 rings (SSSR count). The van der Waals surface area contributed by atoms with E-state index in [2.05, 4.69) is 5.32 Å². The molecule has 21 heavy (non-hydrogen) atoms. The molecular weight excluding hydrogens is 271 g/mol. The van der Waals surface area contributed by atoms with Crippen LogP contribution in [0.2, 0.25) is 0 Å². The highest BCUT2D eigenvalue weighted by Crippen LogP contribution is 2.29. The fraction of sp³-hybridized carbons (Fsp3) is 0.562. The molecule has 1 unspecified atom stereocenters. The quantitative estimate of drug-likeness (QED) is 0.889. The predicted octanol–water partition coefficient (Wildman–Crippen LogP) is 1.76. The van der Waals surface area contributed by atoms with Crippen LogP contribution in [0.25, 0.3) is 0 Å². The molecule has 0 spiro atoms. The molecule has 0 radical (unpaired) electrons. The Bertz CT molecular complexity index is 527. The summed E-state index contributed by atoms with van der Waals surface area (Å²) in [6, 6.07) is 5.10. The molecule has 4 nitrogen and oxygen atoms in total. The van der Waals surface area contributed by atoms with Crippen molar-refractivity contribution in [1.29, 1.82) is 0 Å². The van der Waals surface area contributed by atoms with Crippen LogP contribution in [-0.2, 0) is 11.2 Å². The Morgan fingerprint density at radius 2 is 2.10 bits per heavy atom. The molecule has 2 aliphatic rings. The van der Waals surface area contributed by atoms with Gasteiger partial charge in [0.2, 0.25) is 5.91 Å². The molecule has 1 aromatic rings. The summed E-state index contributed by atoms with van der Waals surface area (Å²) in [5.41, 5.74) is 6.28. The van der Waals surface area contributed by atoms with E-state index in [-0.39, 0.29) is 23.7 Å². The number of carbonyl (C=O) groups excluding carboxylic acids is 1. The second kappa shape index (κ2) is 6.02. The SMILES string of the molecule is NC(=O)C1CCC(NCC2Cc3cc(F)ccc3O2)CC1. The molecule has 1 heterocycles. The van der Waals surface area contributed by atoms with Gasteiger partial charge in [0.25, 0.3) is 0 Å². The van der Waals surface area contributed by atoms with Gasteiger partial charge < -0.3 is 15.8 Å². The summed E-state index contributed by atoms with van der Waals surface area (Å²) in [7, 11) is 0. The Hall–Kier alpha value is -1.62. The van der Waals surface area contributed by atoms with Crippen molar-refractivity contribution >= 4 is 5.91 Å². The van der Waals surface area contributed by atoms with E-state index in [1.165, 1.54) is 6.07 Å². The molecule has 1 amide bonds. The van der Waals surface area contributed by atoms with Gasteiger partial charge in [0.05, 0.1) is 0 Å². The largest absolute Gasteiger partial charge is 0.488 e. The van der Waals surface area contributed by atoms with E-state index in [4.69, 9.17) is 10.5 Å². The summed E-state index contributed by atoms with van der Waals surface area (Å²) in [4.78, 5) is 11.1. The van der Waals surface area contributed by atoms with Gasteiger partial charge in [-0.1, -0.05) is 0 Å². The zero-order valence-corrected chi connectivity index (χ0v) is 12.0. The normalized spacial score (nSPS) is 28.0. The standard InChI is InChI=1S/C16H21FN2O2/c17-12-3-6-15-11(7-12)8-14(21-15)9-19-13-4-1-10(2-5-13)16(18)20/h3,6-7,10,13-14,19H,1-2,4-5,8-9H2,(H2,18,20). The average Bonchev–Trinajstić information content (AvgIpc) is 2.87. The number of amides is 1. The Balaban J connectivity index is 1.44. The van der Waals surface area contributed by atoms with Crippen molar-refractivity contribution in [3.05, 3.63) is 29.6 Å². The first-order valence-corrected chi connectivity index (χ1v) is 7.59. The summed E-state index contributed by atoms with van der Waals surface area (Å²) in [5, 5.41) is 3.50. The summed E-state index contributed by atoms with van der Waals surface area (Å²) in [5.74, 6) is 0.444. The molecule has 3 N–H and O–H groups in total. The van der Waals surface area contributed by atoms with Crippen LogP contribution in [0.1, 0.15) is 31.2 Å². The zero-order valence-electron chi connectivity index (χ0n) is 12.0. The second-order valence-electron chi connectivity index (χ2n) is 6.06. The van der Waals surface area contributed by atoms with E-state index >= 15 is 0 Å². The van der Waals surface area contributed by atoms with Gasteiger partial charge in [-0.25, -0.2) is 4.39 Å². The van der Waals surface area contributed by atoms with E-state index < -0.39 is 0 Å². The van der Waals surface area contributed by atoms with Crippen molar-refractivity contribution in [3.63, 3.8) is 0 Å². The monoisotopic (exact) mass is 292 g/mol. The molecular formula is C16H21FN2O2. The van der Waals surface area contributed by atoms with Crippen molar-refractivity contribution < 1.29 is 13.9 Å².